The number of rotatable bonds is 5. The standard InChI is InChI=1S/C16H14BrCl2NO2/c1-2-8-22-14-7-6-10(9-11(14)17)16(21)20-13-5-3-4-12(18)15(13)19/h3-7,9H,2,8H2,1H3,(H,20,21). The van der Waals surface area contributed by atoms with E-state index in [0.717, 1.165) is 10.9 Å². The number of hydrogen-bond acceptors (Lipinski definition) is 2. The highest BCUT2D eigenvalue weighted by molar-refractivity contribution is 9.10. The number of nitrogens with one attached hydrogen (secondary N) is 1. The molecule has 6 heteroatoms. The molecular weight excluding hydrogens is 389 g/mol. The third-order valence-electron chi connectivity index (χ3n) is 2.86. The third kappa shape index (κ3) is 4.15. The van der Waals surface area contributed by atoms with Crippen LogP contribution in [-0.4, -0.2) is 12.5 Å². The molecule has 22 heavy (non-hydrogen) atoms. The van der Waals surface area contributed by atoms with Crippen molar-refractivity contribution < 1.29 is 9.53 Å². The summed E-state index contributed by atoms with van der Waals surface area (Å²) < 4.78 is 6.28. The van der Waals surface area contributed by atoms with Gasteiger partial charge in [0.15, 0.2) is 0 Å². The Morgan fingerprint density at radius 1 is 1.27 bits per heavy atom. The van der Waals surface area contributed by atoms with E-state index in [4.69, 9.17) is 27.9 Å². The highest BCUT2D eigenvalue weighted by Crippen LogP contribution is 2.31. The van der Waals surface area contributed by atoms with Crippen molar-refractivity contribution in [1.82, 2.24) is 0 Å². The van der Waals surface area contributed by atoms with Gasteiger partial charge in [0, 0.05) is 5.56 Å². The van der Waals surface area contributed by atoms with Crippen LogP contribution < -0.4 is 10.1 Å². The van der Waals surface area contributed by atoms with E-state index in [1.165, 1.54) is 0 Å². The number of amides is 1. The Morgan fingerprint density at radius 3 is 2.73 bits per heavy atom. The molecule has 1 amide bonds. The van der Waals surface area contributed by atoms with E-state index in [1.54, 1.807) is 36.4 Å². The predicted molar refractivity (Wildman–Crippen MR) is 94.3 cm³/mol. The van der Waals surface area contributed by atoms with Crippen molar-refractivity contribution in [3.05, 3.63) is 56.5 Å². The van der Waals surface area contributed by atoms with Crippen LogP contribution in [0.1, 0.15) is 23.7 Å². The maximum atomic E-state index is 12.3. The molecule has 0 aromatic heterocycles. The minimum atomic E-state index is -0.271. The van der Waals surface area contributed by atoms with Gasteiger partial charge >= 0.3 is 0 Å². The van der Waals surface area contributed by atoms with Crippen molar-refractivity contribution in [3.63, 3.8) is 0 Å². The normalized spacial score (nSPS) is 10.4. The molecule has 1 N–H and O–H groups in total. The second kappa shape index (κ2) is 7.86. The van der Waals surface area contributed by atoms with Crippen molar-refractivity contribution in [3.8, 4) is 5.75 Å². The predicted octanol–water partition coefficient (Wildman–Crippen LogP) is 5.80. The van der Waals surface area contributed by atoms with Crippen LogP contribution in [0.2, 0.25) is 10.0 Å². The van der Waals surface area contributed by atoms with E-state index in [1.807, 2.05) is 6.92 Å². The fourth-order valence-electron chi connectivity index (χ4n) is 1.77. The molecular formula is C16H14BrCl2NO2. The van der Waals surface area contributed by atoms with Gasteiger partial charge < -0.3 is 10.1 Å². The summed E-state index contributed by atoms with van der Waals surface area (Å²) in [5.74, 6) is 0.436. The number of carbonyl (C=O) groups is 1. The van der Waals surface area contributed by atoms with Crippen LogP contribution >= 0.6 is 39.1 Å². The molecule has 0 saturated heterocycles. The van der Waals surface area contributed by atoms with E-state index in [9.17, 15) is 4.79 Å². The second-order valence-corrected chi connectivity index (χ2v) is 6.19. The summed E-state index contributed by atoms with van der Waals surface area (Å²) in [6.45, 7) is 2.66. The molecule has 0 spiro atoms. The summed E-state index contributed by atoms with van der Waals surface area (Å²) in [7, 11) is 0. The van der Waals surface area contributed by atoms with Crippen molar-refractivity contribution in [2.24, 2.45) is 0 Å². The highest BCUT2D eigenvalue weighted by Gasteiger charge is 2.12. The lowest BCUT2D eigenvalue weighted by Gasteiger charge is -2.10. The largest absolute Gasteiger partial charge is 0.492 e. The van der Waals surface area contributed by atoms with Crippen molar-refractivity contribution in [2.75, 3.05) is 11.9 Å². The molecule has 0 radical (unpaired) electrons. The summed E-state index contributed by atoms with van der Waals surface area (Å²) in [4.78, 5) is 12.3. The molecule has 0 aliphatic rings. The van der Waals surface area contributed by atoms with Gasteiger partial charge in [-0.15, -0.1) is 0 Å². The summed E-state index contributed by atoms with van der Waals surface area (Å²) in [5.41, 5.74) is 0.966. The number of ether oxygens (including phenoxy) is 1. The lowest BCUT2D eigenvalue weighted by atomic mass is 10.2. The van der Waals surface area contributed by atoms with Crippen LogP contribution in [0.5, 0.6) is 5.75 Å². The molecule has 3 nitrogen and oxygen atoms in total. The number of carbonyl (C=O) groups excluding carboxylic acids is 1. The summed E-state index contributed by atoms with van der Waals surface area (Å²) in [6.07, 6.45) is 0.919. The van der Waals surface area contributed by atoms with Gasteiger partial charge in [-0.2, -0.15) is 0 Å². The molecule has 2 rings (SSSR count). The van der Waals surface area contributed by atoms with E-state index in [2.05, 4.69) is 21.2 Å². The first-order valence-electron chi connectivity index (χ1n) is 6.70. The van der Waals surface area contributed by atoms with Crippen LogP contribution in [0.3, 0.4) is 0 Å². The SMILES string of the molecule is CCCOc1ccc(C(=O)Nc2cccc(Cl)c2Cl)cc1Br. The molecule has 0 atom stereocenters. The van der Waals surface area contributed by atoms with Crippen LogP contribution in [0, 0.1) is 0 Å². The van der Waals surface area contributed by atoms with Crippen molar-refractivity contribution in [2.45, 2.75) is 13.3 Å². The fourth-order valence-corrected chi connectivity index (χ4v) is 2.61. The minimum absolute atomic E-state index is 0.271. The number of anilines is 1. The molecule has 0 fully saturated rings. The highest BCUT2D eigenvalue weighted by atomic mass is 79.9. The monoisotopic (exact) mass is 401 g/mol. The molecule has 116 valence electrons. The van der Waals surface area contributed by atoms with E-state index in [0.29, 0.717) is 33.7 Å². The zero-order valence-electron chi connectivity index (χ0n) is 11.8. The molecule has 2 aromatic carbocycles. The average Bonchev–Trinajstić information content (AvgIpc) is 2.50. The smallest absolute Gasteiger partial charge is 0.255 e. The minimum Gasteiger partial charge on any atom is -0.492 e. The first-order chi connectivity index (χ1) is 10.5. The number of benzene rings is 2. The molecule has 0 bridgehead atoms. The van der Waals surface area contributed by atoms with Gasteiger partial charge in [0.1, 0.15) is 5.75 Å². The second-order valence-electron chi connectivity index (χ2n) is 4.55. The Hall–Kier alpha value is -1.23. The van der Waals surface area contributed by atoms with Gasteiger partial charge in [-0.25, -0.2) is 0 Å². The van der Waals surface area contributed by atoms with Crippen LogP contribution in [0.4, 0.5) is 5.69 Å². The lowest BCUT2D eigenvalue weighted by Crippen LogP contribution is -2.12. The summed E-state index contributed by atoms with van der Waals surface area (Å²) in [6, 6.07) is 10.2. The average molecular weight is 403 g/mol. The number of halogens is 3. The van der Waals surface area contributed by atoms with Gasteiger partial charge in [0.2, 0.25) is 0 Å². The molecule has 0 aliphatic carbocycles. The Bertz CT molecular complexity index is 692. The van der Waals surface area contributed by atoms with Gasteiger partial charge in [-0.1, -0.05) is 36.2 Å². The molecule has 0 saturated carbocycles. The maximum absolute atomic E-state index is 12.3. The van der Waals surface area contributed by atoms with Crippen LogP contribution in [-0.2, 0) is 0 Å². The van der Waals surface area contributed by atoms with Gasteiger partial charge in [-0.3, -0.25) is 4.79 Å². The first-order valence-corrected chi connectivity index (χ1v) is 8.25. The Labute approximate surface area is 147 Å². The van der Waals surface area contributed by atoms with E-state index in [-0.39, 0.29) is 5.91 Å². The quantitative estimate of drug-likeness (QED) is 0.686. The van der Waals surface area contributed by atoms with Gasteiger partial charge in [0.05, 0.1) is 26.8 Å². The Morgan fingerprint density at radius 2 is 2.05 bits per heavy atom. The first kappa shape index (κ1) is 17.1. The van der Waals surface area contributed by atoms with Gasteiger partial charge in [-0.05, 0) is 52.7 Å². The van der Waals surface area contributed by atoms with Crippen molar-refractivity contribution >= 4 is 50.7 Å². The zero-order valence-corrected chi connectivity index (χ0v) is 14.9. The van der Waals surface area contributed by atoms with Crippen LogP contribution in [0.15, 0.2) is 40.9 Å². The summed E-state index contributed by atoms with van der Waals surface area (Å²) >= 11 is 15.4. The molecule has 2 aromatic rings. The third-order valence-corrected chi connectivity index (χ3v) is 4.29. The molecule has 0 aliphatic heterocycles. The lowest BCUT2D eigenvalue weighted by molar-refractivity contribution is 0.102. The van der Waals surface area contributed by atoms with Crippen LogP contribution in [0.25, 0.3) is 0 Å². The zero-order chi connectivity index (χ0) is 16.1. The van der Waals surface area contributed by atoms with Crippen molar-refractivity contribution in [1.29, 1.82) is 0 Å². The molecule has 0 unspecified atom stereocenters. The fraction of sp³-hybridized carbons (Fsp3) is 0.188. The van der Waals surface area contributed by atoms with Gasteiger partial charge in [0.25, 0.3) is 5.91 Å². The topological polar surface area (TPSA) is 38.3 Å². The number of hydrogen-bond donors (Lipinski definition) is 1. The summed E-state index contributed by atoms with van der Waals surface area (Å²) in [5, 5.41) is 3.45. The Balaban J connectivity index is 2.16. The Kier molecular flexibility index (Phi) is 6.12. The van der Waals surface area contributed by atoms with E-state index >= 15 is 0 Å². The van der Waals surface area contributed by atoms with E-state index < -0.39 is 0 Å². The molecule has 0 heterocycles. The maximum Gasteiger partial charge on any atom is 0.255 e.